The first kappa shape index (κ1) is 33.1. The maximum Gasteiger partial charge on any atom is 0.0207 e. The van der Waals surface area contributed by atoms with Crippen LogP contribution in [0, 0.1) is 24.5 Å². The Morgan fingerprint density at radius 3 is 2.15 bits per heavy atom. The quantitative estimate of drug-likeness (QED) is 0.167. The van der Waals surface area contributed by atoms with E-state index in [2.05, 4.69) is 128 Å². The fourth-order valence-corrected chi connectivity index (χ4v) is 6.16. The summed E-state index contributed by atoms with van der Waals surface area (Å²) in [6.45, 7) is 13.3. The second-order valence-electron chi connectivity index (χ2n) is 13.5. The van der Waals surface area contributed by atoms with Gasteiger partial charge in [-0.05, 0) is 73.9 Å². The molecule has 233 valence electrons. The molecule has 1 aliphatic rings. The molecule has 3 heterocycles. The minimum Gasteiger partial charge on any atom is -0.357 e. The zero-order valence-electron chi connectivity index (χ0n) is 27.4. The van der Waals surface area contributed by atoms with Crippen LogP contribution < -0.4 is 0 Å². The van der Waals surface area contributed by atoms with E-state index in [0.29, 0.717) is 5.41 Å². The number of benzene rings is 3. The number of hydrogen-bond donors (Lipinski definition) is 0. The summed E-state index contributed by atoms with van der Waals surface area (Å²) in [5.41, 5.74) is 14.2. The van der Waals surface area contributed by atoms with Gasteiger partial charge in [0, 0.05) is 37.9 Å². The maximum atomic E-state index is 4.69. The summed E-state index contributed by atoms with van der Waals surface area (Å²) in [4.78, 5) is 13.5. The molecule has 0 saturated heterocycles. The molecular weight excluding hydrogens is 739 g/mol. The van der Waals surface area contributed by atoms with Gasteiger partial charge in [0.25, 0.3) is 0 Å². The summed E-state index contributed by atoms with van der Waals surface area (Å²) in [6.07, 6.45) is 6.75. The number of aromatic nitrogens is 3. The number of pyridine rings is 3. The average Bonchev–Trinajstić information content (AvgIpc) is 3.27. The van der Waals surface area contributed by atoms with E-state index in [9.17, 15) is 0 Å². The van der Waals surface area contributed by atoms with Crippen LogP contribution in [0.5, 0.6) is 0 Å². The minimum atomic E-state index is 0. The van der Waals surface area contributed by atoms with Gasteiger partial charge in [-0.25, -0.2) is 0 Å². The van der Waals surface area contributed by atoms with Gasteiger partial charge in [0.2, 0.25) is 0 Å². The maximum absolute atomic E-state index is 4.69. The van der Waals surface area contributed by atoms with Crippen LogP contribution >= 0.6 is 0 Å². The van der Waals surface area contributed by atoms with Crippen LogP contribution in [-0.2, 0) is 31.9 Å². The number of nitrogens with zero attached hydrogens (tertiary/aromatic N) is 3. The third kappa shape index (κ3) is 7.09. The molecule has 0 aliphatic heterocycles. The topological polar surface area (TPSA) is 38.7 Å². The number of hydrogen-bond acceptors (Lipinski definition) is 3. The van der Waals surface area contributed by atoms with E-state index in [1.807, 2.05) is 49.6 Å². The monoisotopic (exact) mass is 778 g/mol. The van der Waals surface area contributed by atoms with E-state index in [-0.39, 0.29) is 25.5 Å². The summed E-state index contributed by atoms with van der Waals surface area (Å²) in [6, 6.07) is 40.2. The summed E-state index contributed by atoms with van der Waals surface area (Å²) in [7, 11) is 0. The Hall–Kier alpha value is -4.24. The summed E-state index contributed by atoms with van der Waals surface area (Å²) < 4.78 is 0. The molecule has 3 aromatic heterocycles. The van der Waals surface area contributed by atoms with Gasteiger partial charge in [-0.15, -0.1) is 53.6 Å². The van der Waals surface area contributed by atoms with Crippen molar-refractivity contribution in [1.82, 2.24) is 15.0 Å². The van der Waals surface area contributed by atoms with Crippen molar-refractivity contribution in [1.29, 1.82) is 0 Å². The fourth-order valence-electron chi connectivity index (χ4n) is 6.16. The molecule has 3 nitrogen and oxygen atoms in total. The van der Waals surface area contributed by atoms with Crippen LogP contribution in [0.15, 0.2) is 116 Å². The van der Waals surface area contributed by atoms with Crippen LogP contribution in [0.25, 0.3) is 44.8 Å². The molecule has 3 aromatic carbocycles. The van der Waals surface area contributed by atoms with E-state index in [0.717, 1.165) is 34.6 Å². The first-order valence-electron chi connectivity index (χ1n) is 15.6. The predicted octanol–water partition coefficient (Wildman–Crippen LogP) is 10.4. The summed E-state index contributed by atoms with van der Waals surface area (Å²) >= 11 is 0. The Labute approximate surface area is 287 Å². The Morgan fingerprint density at radius 2 is 1.43 bits per heavy atom. The van der Waals surface area contributed by atoms with Crippen LogP contribution in [0.2, 0.25) is 0 Å². The molecule has 0 bridgehead atoms. The molecular formula is C42H39IrN3-2. The molecule has 0 unspecified atom stereocenters. The van der Waals surface area contributed by atoms with E-state index >= 15 is 0 Å². The third-order valence-electron chi connectivity index (χ3n) is 8.42. The zero-order chi connectivity index (χ0) is 31.6. The van der Waals surface area contributed by atoms with Gasteiger partial charge >= 0.3 is 0 Å². The van der Waals surface area contributed by atoms with Gasteiger partial charge in [-0.1, -0.05) is 108 Å². The second kappa shape index (κ2) is 13.6. The van der Waals surface area contributed by atoms with Gasteiger partial charge in [0.1, 0.15) is 0 Å². The molecule has 1 radical (unpaired) electrons. The van der Waals surface area contributed by atoms with Gasteiger partial charge in [0.05, 0.1) is 0 Å². The minimum absolute atomic E-state index is 0. The van der Waals surface area contributed by atoms with Crippen molar-refractivity contribution >= 4 is 0 Å². The van der Waals surface area contributed by atoms with Crippen LogP contribution in [-0.4, -0.2) is 15.0 Å². The molecule has 46 heavy (non-hydrogen) atoms. The van der Waals surface area contributed by atoms with Crippen LogP contribution in [0.3, 0.4) is 0 Å². The van der Waals surface area contributed by atoms with Crippen LogP contribution in [0.1, 0.15) is 57.0 Å². The molecule has 1 aliphatic carbocycles. The number of fused-ring (bicyclic) bond motifs is 3. The van der Waals surface area contributed by atoms with E-state index in [1.165, 1.54) is 38.9 Å². The molecule has 0 fully saturated rings. The molecule has 0 N–H and O–H groups in total. The SMILES string of the molecule is CC(C)(C)Cc1ccc(-c2ccnc(-c3[c-]cccc3)c2)cc1.Cc1ncc[c-]c1-c1cc2c(cn1)C(C)(C)c1ccccc1-2.[Ir]. The molecule has 4 heteroatoms. The molecule has 7 rings (SSSR count). The number of rotatable bonds is 4. The fraction of sp³-hybridized carbons (Fsp3) is 0.214. The van der Waals surface area contributed by atoms with E-state index in [1.54, 1.807) is 6.20 Å². The van der Waals surface area contributed by atoms with Gasteiger partial charge in [0.15, 0.2) is 0 Å². The summed E-state index contributed by atoms with van der Waals surface area (Å²) in [5, 5.41) is 0. The number of aryl methyl sites for hydroxylation is 1. The van der Waals surface area contributed by atoms with Gasteiger partial charge < -0.3 is 15.0 Å². The zero-order valence-corrected chi connectivity index (χ0v) is 29.7. The normalized spacial score (nSPS) is 12.7. The van der Waals surface area contributed by atoms with Crippen molar-refractivity contribution in [3.8, 4) is 44.8 Å². The largest absolute Gasteiger partial charge is 0.357 e. The Bertz CT molecular complexity index is 1940. The van der Waals surface area contributed by atoms with Crippen molar-refractivity contribution < 1.29 is 20.1 Å². The first-order chi connectivity index (χ1) is 21.6. The van der Waals surface area contributed by atoms with E-state index < -0.39 is 0 Å². The molecule has 0 spiro atoms. The second-order valence-corrected chi connectivity index (χ2v) is 13.5. The molecule has 0 amide bonds. The predicted molar refractivity (Wildman–Crippen MR) is 186 cm³/mol. The Kier molecular flexibility index (Phi) is 9.82. The standard InChI is InChI=1S/C22H22N.C20H17N2.Ir/c1-22(2,3)16-17-9-11-18(12-10-17)20-13-14-23-21(15-20)19-7-5-4-6-8-19;1-13-14(8-6-10-21-13)19-11-16-15-7-4-5-9-17(15)20(2,3)18(16)12-22-19;/h4-7,9-15H,16H2,1-3H3;4-7,9-12H,1-3H3;/q2*-1;. The van der Waals surface area contributed by atoms with Gasteiger partial charge in [-0.3, -0.25) is 0 Å². The molecule has 6 aromatic rings. The van der Waals surface area contributed by atoms with Crippen molar-refractivity contribution in [3.05, 3.63) is 150 Å². The Morgan fingerprint density at radius 1 is 0.674 bits per heavy atom. The van der Waals surface area contributed by atoms with Crippen molar-refractivity contribution in [2.75, 3.05) is 0 Å². The third-order valence-corrected chi connectivity index (χ3v) is 8.42. The Balaban J connectivity index is 0.000000177. The molecule has 0 saturated carbocycles. The van der Waals surface area contributed by atoms with Crippen molar-refractivity contribution in [3.63, 3.8) is 0 Å². The summed E-state index contributed by atoms with van der Waals surface area (Å²) in [5.74, 6) is 0. The smallest absolute Gasteiger partial charge is 0.0207 e. The van der Waals surface area contributed by atoms with E-state index in [4.69, 9.17) is 0 Å². The van der Waals surface area contributed by atoms with Crippen molar-refractivity contribution in [2.24, 2.45) is 5.41 Å². The van der Waals surface area contributed by atoms with Crippen LogP contribution in [0.4, 0.5) is 0 Å². The first-order valence-corrected chi connectivity index (χ1v) is 15.6. The average molecular weight is 778 g/mol. The van der Waals surface area contributed by atoms with Gasteiger partial charge in [-0.2, -0.15) is 0 Å². The molecule has 0 atom stereocenters. The van der Waals surface area contributed by atoms with Crippen molar-refractivity contribution in [2.45, 2.75) is 53.4 Å².